The molecule has 2 rings (SSSR count). The van der Waals surface area contributed by atoms with Crippen LogP contribution in [0.2, 0.25) is 10.0 Å². The van der Waals surface area contributed by atoms with Crippen LogP contribution in [0.4, 0.5) is 5.69 Å². The summed E-state index contributed by atoms with van der Waals surface area (Å²) in [4.78, 5) is 23.9. The van der Waals surface area contributed by atoms with Crippen LogP contribution in [0.3, 0.4) is 0 Å². The quantitative estimate of drug-likeness (QED) is 0.752. The Morgan fingerprint density at radius 1 is 1.04 bits per heavy atom. The standard InChI is InChI=1S/C19H19Cl2NO3/c1-19(2,3)13-6-4-12(5-7-13)18(24)25-11-17(23)22-16-9-8-14(20)10-15(16)21/h4-10H,11H2,1-3H3,(H,22,23). The van der Waals surface area contributed by atoms with Gasteiger partial charge in [0.15, 0.2) is 6.61 Å². The number of nitrogens with one attached hydrogen (secondary N) is 1. The molecule has 0 spiro atoms. The molecule has 4 nitrogen and oxygen atoms in total. The minimum Gasteiger partial charge on any atom is -0.452 e. The molecule has 132 valence electrons. The molecule has 1 N–H and O–H groups in total. The lowest BCUT2D eigenvalue weighted by molar-refractivity contribution is -0.119. The van der Waals surface area contributed by atoms with Crippen molar-refractivity contribution in [3.63, 3.8) is 0 Å². The SMILES string of the molecule is CC(C)(C)c1ccc(C(=O)OCC(=O)Nc2ccc(Cl)cc2Cl)cc1. The van der Waals surface area contributed by atoms with Gasteiger partial charge < -0.3 is 10.1 Å². The molecule has 2 aromatic carbocycles. The second-order valence-corrected chi connectivity index (χ2v) is 7.42. The first-order chi connectivity index (χ1) is 11.7. The van der Waals surface area contributed by atoms with E-state index >= 15 is 0 Å². The first-order valence-corrected chi connectivity index (χ1v) is 8.45. The molecule has 0 fully saturated rings. The fourth-order valence-corrected chi connectivity index (χ4v) is 2.55. The minimum atomic E-state index is -0.558. The van der Waals surface area contributed by atoms with E-state index in [9.17, 15) is 9.59 Å². The highest BCUT2D eigenvalue weighted by atomic mass is 35.5. The summed E-state index contributed by atoms with van der Waals surface area (Å²) in [6, 6.07) is 11.8. The molecule has 0 aromatic heterocycles. The van der Waals surface area contributed by atoms with Gasteiger partial charge in [-0.15, -0.1) is 0 Å². The Morgan fingerprint density at radius 2 is 1.68 bits per heavy atom. The van der Waals surface area contributed by atoms with Crippen molar-refractivity contribution < 1.29 is 14.3 Å². The smallest absolute Gasteiger partial charge is 0.338 e. The number of carbonyl (C=O) groups excluding carboxylic acids is 2. The molecule has 0 aliphatic rings. The van der Waals surface area contributed by atoms with E-state index in [4.69, 9.17) is 27.9 Å². The van der Waals surface area contributed by atoms with Crippen LogP contribution in [0.25, 0.3) is 0 Å². The van der Waals surface area contributed by atoms with Gasteiger partial charge in [-0.3, -0.25) is 4.79 Å². The number of anilines is 1. The van der Waals surface area contributed by atoms with Crippen molar-refractivity contribution in [3.05, 3.63) is 63.6 Å². The molecule has 2 aromatic rings. The third-order valence-electron chi connectivity index (χ3n) is 3.53. The van der Waals surface area contributed by atoms with Crippen molar-refractivity contribution in [2.24, 2.45) is 0 Å². The highest BCUT2D eigenvalue weighted by molar-refractivity contribution is 6.36. The van der Waals surface area contributed by atoms with E-state index in [1.165, 1.54) is 6.07 Å². The number of halogens is 2. The van der Waals surface area contributed by atoms with Gasteiger partial charge in [-0.1, -0.05) is 56.1 Å². The monoisotopic (exact) mass is 379 g/mol. The highest BCUT2D eigenvalue weighted by Gasteiger charge is 2.15. The van der Waals surface area contributed by atoms with Gasteiger partial charge in [0.25, 0.3) is 5.91 Å². The molecular formula is C19H19Cl2NO3. The van der Waals surface area contributed by atoms with Crippen LogP contribution in [0.1, 0.15) is 36.7 Å². The number of ether oxygens (including phenoxy) is 1. The van der Waals surface area contributed by atoms with Gasteiger partial charge >= 0.3 is 5.97 Å². The van der Waals surface area contributed by atoms with Crippen LogP contribution in [0, 0.1) is 0 Å². The van der Waals surface area contributed by atoms with Gasteiger partial charge in [-0.2, -0.15) is 0 Å². The number of benzene rings is 2. The first-order valence-electron chi connectivity index (χ1n) is 7.69. The number of esters is 1. The van der Waals surface area contributed by atoms with Crippen LogP contribution in [-0.2, 0) is 14.9 Å². The molecule has 0 radical (unpaired) electrons. The van der Waals surface area contributed by atoms with E-state index < -0.39 is 18.5 Å². The van der Waals surface area contributed by atoms with E-state index in [1.807, 2.05) is 12.1 Å². The first kappa shape index (κ1) is 19.3. The summed E-state index contributed by atoms with van der Waals surface area (Å²) >= 11 is 11.8. The maximum atomic E-state index is 12.0. The molecule has 0 saturated heterocycles. The minimum absolute atomic E-state index is 0.000168. The Bertz CT molecular complexity index is 780. The maximum absolute atomic E-state index is 12.0. The van der Waals surface area contributed by atoms with Crippen LogP contribution < -0.4 is 5.32 Å². The van der Waals surface area contributed by atoms with Crippen molar-refractivity contribution in [1.29, 1.82) is 0 Å². The Balaban J connectivity index is 1.92. The third-order valence-corrected chi connectivity index (χ3v) is 4.07. The molecule has 6 heteroatoms. The fraction of sp³-hybridized carbons (Fsp3) is 0.263. The van der Waals surface area contributed by atoms with Crippen molar-refractivity contribution >= 4 is 40.8 Å². The Kier molecular flexibility index (Phi) is 6.09. The summed E-state index contributed by atoms with van der Waals surface area (Å²) in [5.74, 6) is -1.04. The number of hydrogen-bond donors (Lipinski definition) is 1. The highest BCUT2D eigenvalue weighted by Crippen LogP contribution is 2.25. The van der Waals surface area contributed by atoms with Crippen molar-refractivity contribution in [3.8, 4) is 0 Å². The molecule has 0 unspecified atom stereocenters. The Hall–Kier alpha value is -2.04. The number of hydrogen-bond acceptors (Lipinski definition) is 3. The lowest BCUT2D eigenvalue weighted by Gasteiger charge is -2.18. The van der Waals surface area contributed by atoms with Gasteiger partial charge in [-0.05, 0) is 41.3 Å². The zero-order valence-electron chi connectivity index (χ0n) is 14.2. The van der Waals surface area contributed by atoms with Gasteiger partial charge in [-0.25, -0.2) is 4.79 Å². The molecule has 0 aliphatic carbocycles. The molecule has 0 saturated carbocycles. The van der Waals surface area contributed by atoms with Crippen molar-refractivity contribution in [2.45, 2.75) is 26.2 Å². The van der Waals surface area contributed by atoms with Crippen molar-refractivity contribution in [1.82, 2.24) is 0 Å². The van der Waals surface area contributed by atoms with E-state index in [0.717, 1.165) is 5.56 Å². The van der Waals surface area contributed by atoms with Gasteiger partial charge in [0, 0.05) is 5.02 Å². The average molecular weight is 380 g/mol. The van der Waals surface area contributed by atoms with Crippen LogP contribution in [0.5, 0.6) is 0 Å². The van der Waals surface area contributed by atoms with Crippen LogP contribution >= 0.6 is 23.2 Å². The van der Waals surface area contributed by atoms with Crippen LogP contribution in [0.15, 0.2) is 42.5 Å². The molecule has 1 amide bonds. The topological polar surface area (TPSA) is 55.4 Å². The summed E-state index contributed by atoms with van der Waals surface area (Å²) in [6.07, 6.45) is 0. The predicted molar refractivity (Wildman–Crippen MR) is 101 cm³/mol. The predicted octanol–water partition coefficient (Wildman–Crippen LogP) is 5.09. The molecule has 0 atom stereocenters. The number of amides is 1. The molecule has 25 heavy (non-hydrogen) atoms. The van der Waals surface area contributed by atoms with E-state index in [1.54, 1.807) is 24.3 Å². The largest absolute Gasteiger partial charge is 0.452 e. The Morgan fingerprint density at radius 3 is 2.24 bits per heavy atom. The second kappa shape index (κ2) is 7.89. The van der Waals surface area contributed by atoms with Gasteiger partial charge in [0.2, 0.25) is 0 Å². The third kappa shape index (κ3) is 5.48. The van der Waals surface area contributed by atoms with Gasteiger partial charge in [0.1, 0.15) is 0 Å². The molecule has 0 heterocycles. The average Bonchev–Trinajstić information content (AvgIpc) is 2.54. The summed E-state index contributed by atoms with van der Waals surface area (Å²) in [7, 11) is 0. The zero-order valence-corrected chi connectivity index (χ0v) is 15.7. The van der Waals surface area contributed by atoms with E-state index in [0.29, 0.717) is 21.3 Å². The summed E-state index contributed by atoms with van der Waals surface area (Å²) in [6.45, 7) is 5.87. The molecule has 0 aliphatic heterocycles. The van der Waals surface area contributed by atoms with Crippen LogP contribution in [-0.4, -0.2) is 18.5 Å². The molecule has 0 bridgehead atoms. The lowest BCUT2D eigenvalue weighted by Crippen LogP contribution is -2.21. The van der Waals surface area contributed by atoms with Crippen molar-refractivity contribution in [2.75, 3.05) is 11.9 Å². The summed E-state index contributed by atoms with van der Waals surface area (Å²) in [5, 5.41) is 3.34. The lowest BCUT2D eigenvalue weighted by atomic mass is 9.87. The normalized spacial score (nSPS) is 11.1. The summed E-state index contributed by atoms with van der Waals surface area (Å²) in [5.41, 5.74) is 1.91. The Labute approximate surface area is 157 Å². The zero-order chi connectivity index (χ0) is 18.6. The number of rotatable bonds is 4. The van der Waals surface area contributed by atoms with Gasteiger partial charge in [0.05, 0.1) is 16.3 Å². The van der Waals surface area contributed by atoms with E-state index in [2.05, 4.69) is 26.1 Å². The summed E-state index contributed by atoms with van der Waals surface area (Å²) < 4.78 is 5.03. The number of carbonyl (C=O) groups is 2. The maximum Gasteiger partial charge on any atom is 0.338 e. The second-order valence-electron chi connectivity index (χ2n) is 6.58. The van der Waals surface area contributed by atoms with E-state index in [-0.39, 0.29) is 5.41 Å². The fourth-order valence-electron chi connectivity index (χ4n) is 2.10. The molecular weight excluding hydrogens is 361 g/mol.